The Kier molecular flexibility index (Phi) is 4.24. The third kappa shape index (κ3) is 3.28. The number of hydrogen-bond donors (Lipinski definition) is 0. The average Bonchev–Trinajstić information content (AvgIpc) is 3.24. The minimum atomic E-state index is -0.187. The van der Waals surface area contributed by atoms with Gasteiger partial charge in [-0.15, -0.1) is 0 Å². The van der Waals surface area contributed by atoms with Crippen molar-refractivity contribution in [1.29, 1.82) is 0 Å². The van der Waals surface area contributed by atoms with Crippen molar-refractivity contribution in [1.82, 2.24) is 15.0 Å². The number of benzene rings is 2. The summed E-state index contributed by atoms with van der Waals surface area (Å²) in [5, 5.41) is 4.67. The fourth-order valence-electron chi connectivity index (χ4n) is 3.08. The molecular formula is C19H16ClN3O2. The Labute approximate surface area is 150 Å². The fourth-order valence-corrected chi connectivity index (χ4v) is 3.27. The molecule has 1 aromatic heterocycles. The van der Waals surface area contributed by atoms with Gasteiger partial charge >= 0.3 is 0 Å². The summed E-state index contributed by atoms with van der Waals surface area (Å²) in [7, 11) is 0. The van der Waals surface area contributed by atoms with Gasteiger partial charge in [-0.05, 0) is 24.1 Å². The van der Waals surface area contributed by atoms with E-state index in [0.717, 1.165) is 11.1 Å². The molecule has 1 unspecified atom stereocenters. The molecule has 1 fully saturated rings. The van der Waals surface area contributed by atoms with Crippen molar-refractivity contribution in [2.24, 2.45) is 0 Å². The Bertz CT molecular complexity index is 894. The maximum atomic E-state index is 12.3. The normalized spacial score (nSPS) is 17.2. The van der Waals surface area contributed by atoms with Crippen LogP contribution in [-0.4, -0.2) is 20.9 Å². The summed E-state index contributed by atoms with van der Waals surface area (Å²) < 4.78 is 5.46. The summed E-state index contributed by atoms with van der Waals surface area (Å²) in [4.78, 5) is 18.6. The molecule has 0 saturated carbocycles. The third-order valence-corrected chi connectivity index (χ3v) is 4.57. The molecule has 1 aliphatic rings. The molecule has 3 aromatic rings. The third-order valence-electron chi connectivity index (χ3n) is 4.33. The maximum absolute atomic E-state index is 12.3. The highest BCUT2D eigenvalue weighted by atomic mass is 35.5. The summed E-state index contributed by atoms with van der Waals surface area (Å²) >= 11 is 6.02. The summed E-state index contributed by atoms with van der Waals surface area (Å²) in [6, 6.07) is 17.0. The van der Waals surface area contributed by atoms with Gasteiger partial charge < -0.3 is 9.42 Å². The monoisotopic (exact) mass is 353 g/mol. The molecule has 0 radical (unpaired) electrons. The van der Waals surface area contributed by atoms with Crippen LogP contribution in [0.4, 0.5) is 0 Å². The SMILES string of the molecule is O=C1CCC(c2nc(-c3cccc(Cl)c3)no2)N1Cc1ccccc1. The molecular weight excluding hydrogens is 338 g/mol. The van der Waals surface area contributed by atoms with Gasteiger partial charge in [-0.25, -0.2) is 0 Å². The molecule has 1 aliphatic heterocycles. The van der Waals surface area contributed by atoms with Gasteiger partial charge in [-0.1, -0.05) is 59.2 Å². The van der Waals surface area contributed by atoms with Crippen LogP contribution in [0.25, 0.3) is 11.4 Å². The molecule has 1 saturated heterocycles. The molecule has 25 heavy (non-hydrogen) atoms. The van der Waals surface area contributed by atoms with Gasteiger partial charge in [0.2, 0.25) is 17.6 Å². The fraction of sp³-hybridized carbons (Fsp3) is 0.211. The Morgan fingerprint density at radius 3 is 2.80 bits per heavy atom. The largest absolute Gasteiger partial charge is 0.337 e. The van der Waals surface area contributed by atoms with Crippen molar-refractivity contribution in [2.45, 2.75) is 25.4 Å². The zero-order valence-electron chi connectivity index (χ0n) is 13.4. The van der Waals surface area contributed by atoms with Crippen molar-refractivity contribution in [3.63, 3.8) is 0 Å². The summed E-state index contributed by atoms with van der Waals surface area (Å²) in [6.45, 7) is 0.541. The summed E-state index contributed by atoms with van der Waals surface area (Å²) in [5.74, 6) is 1.06. The van der Waals surface area contributed by atoms with Gasteiger partial charge in [0.1, 0.15) is 6.04 Å². The number of likely N-dealkylation sites (tertiary alicyclic amines) is 1. The van der Waals surface area contributed by atoms with E-state index >= 15 is 0 Å². The topological polar surface area (TPSA) is 59.2 Å². The zero-order chi connectivity index (χ0) is 17.2. The second-order valence-electron chi connectivity index (χ2n) is 6.03. The van der Waals surface area contributed by atoms with Crippen molar-refractivity contribution >= 4 is 17.5 Å². The van der Waals surface area contributed by atoms with Crippen LogP contribution in [-0.2, 0) is 11.3 Å². The Hall–Kier alpha value is -2.66. The van der Waals surface area contributed by atoms with Crippen molar-refractivity contribution in [3.05, 3.63) is 71.1 Å². The van der Waals surface area contributed by atoms with Crippen LogP contribution in [0.5, 0.6) is 0 Å². The molecule has 1 atom stereocenters. The first-order valence-electron chi connectivity index (χ1n) is 8.13. The second kappa shape index (κ2) is 6.69. The standard InChI is InChI=1S/C19H16ClN3O2/c20-15-8-4-7-14(11-15)18-21-19(25-22-18)16-9-10-17(24)23(16)12-13-5-2-1-3-6-13/h1-8,11,16H,9-10,12H2. The molecule has 4 rings (SSSR count). The summed E-state index contributed by atoms with van der Waals surface area (Å²) in [6.07, 6.45) is 1.18. The number of halogens is 1. The molecule has 126 valence electrons. The lowest BCUT2D eigenvalue weighted by molar-refractivity contribution is -0.129. The van der Waals surface area contributed by atoms with Crippen LogP contribution < -0.4 is 0 Å². The quantitative estimate of drug-likeness (QED) is 0.703. The highest BCUT2D eigenvalue weighted by Crippen LogP contribution is 2.34. The molecule has 1 amide bonds. The smallest absolute Gasteiger partial charge is 0.249 e. The van der Waals surface area contributed by atoms with E-state index in [-0.39, 0.29) is 11.9 Å². The van der Waals surface area contributed by atoms with Crippen LogP contribution in [0.1, 0.15) is 30.3 Å². The lowest BCUT2D eigenvalue weighted by Gasteiger charge is -2.22. The highest BCUT2D eigenvalue weighted by Gasteiger charge is 2.35. The minimum absolute atomic E-state index is 0.108. The van der Waals surface area contributed by atoms with E-state index in [9.17, 15) is 4.79 Å². The lowest BCUT2D eigenvalue weighted by atomic mass is 10.2. The molecule has 0 N–H and O–H groups in total. The van der Waals surface area contributed by atoms with Gasteiger partial charge in [0.15, 0.2) is 0 Å². The lowest BCUT2D eigenvalue weighted by Crippen LogP contribution is -2.27. The van der Waals surface area contributed by atoms with E-state index in [1.807, 2.05) is 47.4 Å². The molecule has 2 aromatic carbocycles. The van der Waals surface area contributed by atoms with E-state index in [4.69, 9.17) is 16.1 Å². The van der Waals surface area contributed by atoms with E-state index in [0.29, 0.717) is 36.1 Å². The number of amides is 1. The van der Waals surface area contributed by atoms with Crippen LogP contribution in [0, 0.1) is 0 Å². The summed E-state index contributed by atoms with van der Waals surface area (Å²) in [5.41, 5.74) is 1.87. The van der Waals surface area contributed by atoms with E-state index < -0.39 is 0 Å². The first-order valence-corrected chi connectivity index (χ1v) is 8.51. The Balaban J connectivity index is 1.59. The Morgan fingerprint density at radius 1 is 1.16 bits per heavy atom. The van der Waals surface area contributed by atoms with Gasteiger partial charge in [0.05, 0.1) is 0 Å². The second-order valence-corrected chi connectivity index (χ2v) is 6.46. The number of carbonyl (C=O) groups excluding carboxylic acids is 1. The molecule has 0 aliphatic carbocycles. The van der Waals surface area contributed by atoms with Crippen LogP contribution in [0.2, 0.25) is 5.02 Å². The van der Waals surface area contributed by atoms with E-state index in [1.54, 1.807) is 12.1 Å². The molecule has 6 heteroatoms. The molecule has 0 spiro atoms. The number of hydrogen-bond acceptors (Lipinski definition) is 4. The number of carbonyl (C=O) groups is 1. The first-order chi connectivity index (χ1) is 12.2. The number of aromatic nitrogens is 2. The predicted octanol–water partition coefficient (Wildman–Crippen LogP) is 4.25. The molecule has 0 bridgehead atoms. The average molecular weight is 354 g/mol. The predicted molar refractivity (Wildman–Crippen MR) is 93.7 cm³/mol. The number of nitrogens with zero attached hydrogens (tertiary/aromatic N) is 3. The zero-order valence-corrected chi connectivity index (χ0v) is 14.2. The van der Waals surface area contributed by atoms with Crippen LogP contribution in [0.3, 0.4) is 0 Å². The van der Waals surface area contributed by atoms with Gasteiger partial charge in [0.25, 0.3) is 0 Å². The van der Waals surface area contributed by atoms with Gasteiger partial charge in [-0.2, -0.15) is 4.98 Å². The minimum Gasteiger partial charge on any atom is -0.337 e. The van der Waals surface area contributed by atoms with Crippen molar-refractivity contribution in [3.8, 4) is 11.4 Å². The van der Waals surface area contributed by atoms with E-state index in [1.165, 1.54) is 0 Å². The molecule has 2 heterocycles. The van der Waals surface area contributed by atoms with E-state index in [2.05, 4.69) is 10.1 Å². The molecule has 5 nitrogen and oxygen atoms in total. The highest BCUT2D eigenvalue weighted by molar-refractivity contribution is 6.30. The van der Waals surface area contributed by atoms with Crippen molar-refractivity contribution < 1.29 is 9.32 Å². The Morgan fingerprint density at radius 2 is 2.00 bits per heavy atom. The number of rotatable bonds is 4. The maximum Gasteiger partial charge on any atom is 0.249 e. The van der Waals surface area contributed by atoms with Crippen molar-refractivity contribution in [2.75, 3.05) is 0 Å². The van der Waals surface area contributed by atoms with Gasteiger partial charge in [0, 0.05) is 23.6 Å². The first kappa shape index (κ1) is 15.8. The van der Waals surface area contributed by atoms with Crippen LogP contribution in [0.15, 0.2) is 59.1 Å². The van der Waals surface area contributed by atoms with Gasteiger partial charge in [-0.3, -0.25) is 4.79 Å². The van der Waals surface area contributed by atoms with Crippen LogP contribution >= 0.6 is 11.6 Å².